The molecule has 8 heterocycles. The molecule has 432 valence electrons. The van der Waals surface area contributed by atoms with Crippen molar-refractivity contribution in [3.63, 3.8) is 0 Å². The number of hydrogen-bond acceptors (Lipinski definition) is 18. The summed E-state index contributed by atoms with van der Waals surface area (Å²) in [6.45, 7) is 17.0. The smallest absolute Gasteiger partial charge is 0.341 e. The summed E-state index contributed by atoms with van der Waals surface area (Å²) in [6, 6.07) is 24.3. The number of nitrogen functional groups attached to an aromatic ring is 1. The zero-order valence-corrected chi connectivity index (χ0v) is 50.1. The van der Waals surface area contributed by atoms with Crippen LogP contribution >= 0.6 is 58.0 Å². The number of H-pyrrole nitrogens is 3. The molecular weight excluding hydrogens is 1170 g/mol. The topological polar surface area (TPSA) is 304 Å². The Balaban J connectivity index is 0.000000181. The van der Waals surface area contributed by atoms with Gasteiger partial charge in [0.2, 0.25) is 0 Å². The Morgan fingerprint density at radius 3 is 1.43 bits per heavy atom. The summed E-state index contributed by atoms with van der Waals surface area (Å²) in [5.41, 5.74) is 15.8. The van der Waals surface area contributed by atoms with Crippen LogP contribution in [0, 0.1) is 41.5 Å². The predicted molar refractivity (Wildman–Crippen MR) is 316 cm³/mol. The van der Waals surface area contributed by atoms with Crippen LogP contribution in [0.5, 0.6) is 0 Å². The number of benzene rings is 2. The van der Waals surface area contributed by atoms with Crippen LogP contribution in [0.3, 0.4) is 0 Å². The molecule has 10 aromatic rings. The Kier molecular flexibility index (Phi) is 23.3. The van der Waals surface area contributed by atoms with E-state index in [9.17, 15) is 14.4 Å². The van der Waals surface area contributed by atoms with E-state index in [4.69, 9.17) is 77.9 Å². The van der Waals surface area contributed by atoms with Gasteiger partial charge >= 0.3 is 17.9 Å². The second-order valence-electron chi connectivity index (χ2n) is 17.2. The molecule has 0 unspecified atom stereocenters. The minimum atomic E-state index is -0.393. The number of esters is 3. The Morgan fingerprint density at radius 1 is 0.518 bits per heavy atom. The van der Waals surface area contributed by atoms with Crippen molar-refractivity contribution in [1.82, 2.24) is 80.1 Å². The van der Waals surface area contributed by atoms with E-state index in [-0.39, 0.29) is 11.9 Å². The number of carbonyl (C=O) groups excluding carboxylic acids is 3. The number of aromatic nitrogens is 16. The average molecular weight is 1230 g/mol. The molecule has 0 atom stereocenters. The van der Waals surface area contributed by atoms with E-state index in [1.165, 1.54) is 25.0 Å². The van der Waals surface area contributed by atoms with E-state index in [0.29, 0.717) is 120 Å². The highest BCUT2D eigenvalue weighted by Crippen LogP contribution is 2.31. The van der Waals surface area contributed by atoms with Gasteiger partial charge in [-0.3, -0.25) is 15.3 Å². The molecule has 0 saturated heterocycles. The number of carbonyl (C=O) groups is 3. The third-order valence-corrected chi connectivity index (χ3v) is 12.9. The number of ether oxygens (including phenoxy) is 3. The Morgan fingerprint density at radius 2 is 0.988 bits per heavy atom. The number of aryl methyl sites for hydroxylation is 4. The monoisotopic (exact) mass is 1230 g/mol. The molecular formula is C55H56Cl5N17O6. The molecule has 83 heavy (non-hydrogen) atoms. The normalized spacial score (nSPS) is 10.4. The van der Waals surface area contributed by atoms with Crippen LogP contribution in [-0.2, 0) is 20.6 Å². The molecule has 5 N–H and O–H groups in total. The Hall–Kier alpha value is -8.61. The van der Waals surface area contributed by atoms with E-state index in [1.54, 1.807) is 70.8 Å². The van der Waals surface area contributed by atoms with Gasteiger partial charge in [0.25, 0.3) is 0 Å². The van der Waals surface area contributed by atoms with Gasteiger partial charge in [0, 0.05) is 41.4 Å². The fraction of sp³-hybridized carbons (Fsp3) is 0.236. The molecule has 0 spiro atoms. The first kappa shape index (κ1) is 63.6. The van der Waals surface area contributed by atoms with E-state index in [0.717, 1.165) is 33.9 Å². The molecule has 0 aliphatic rings. The van der Waals surface area contributed by atoms with Crippen LogP contribution in [-0.4, -0.2) is 118 Å². The van der Waals surface area contributed by atoms with Crippen LogP contribution < -0.4 is 5.73 Å². The number of rotatable bonds is 12. The Labute approximate surface area is 501 Å². The van der Waals surface area contributed by atoms with Crippen molar-refractivity contribution >= 4 is 81.7 Å². The van der Waals surface area contributed by atoms with Gasteiger partial charge in [-0.2, -0.15) is 25.5 Å². The van der Waals surface area contributed by atoms with Crippen molar-refractivity contribution < 1.29 is 28.6 Å². The molecule has 8 aromatic heterocycles. The molecule has 0 aliphatic heterocycles. The van der Waals surface area contributed by atoms with Gasteiger partial charge in [0.05, 0.1) is 70.4 Å². The molecule has 10 rings (SSSR count). The number of nitrogens with two attached hydrogens (primary N) is 1. The number of aromatic amines is 3. The first-order valence-corrected chi connectivity index (χ1v) is 27.1. The van der Waals surface area contributed by atoms with Gasteiger partial charge in [-0.1, -0.05) is 119 Å². The first-order valence-electron chi connectivity index (χ1n) is 25.2. The van der Waals surface area contributed by atoms with E-state index < -0.39 is 5.97 Å². The molecule has 23 nitrogen and oxygen atoms in total. The quantitative estimate of drug-likeness (QED) is 0.0502. The molecule has 0 aliphatic carbocycles. The minimum absolute atomic E-state index is 0.302. The van der Waals surface area contributed by atoms with Gasteiger partial charge in [-0.05, 0) is 62.3 Å². The summed E-state index contributed by atoms with van der Waals surface area (Å²) in [6.07, 6.45) is 4.56. The molecule has 0 bridgehead atoms. The van der Waals surface area contributed by atoms with Crippen LogP contribution in [0.2, 0.25) is 25.5 Å². The maximum Gasteiger partial charge on any atom is 0.341 e. The SMILES string of the molecule is CCOC(=O)c1c(C)n[nH]c1C.CCOC(=O)c1c(C)nn(-c2cc(Cc3[nH]nc(-c4ccccc4)c3Cl)ncn2)c1C.CCOC(=O)c1c(C)nn(-c2cc(Cl)ncn2)c1C.Clc1cc(Cl)ncn1.Nc1n[nH]c(-c2ccccc2)c1Cl. The summed E-state index contributed by atoms with van der Waals surface area (Å²) in [5.74, 6) is 0.317. The average Bonchev–Trinajstić information content (AvgIpc) is 4.04. The van der Waals surface area contributed by atoms with E-state index >= 15 is 0 Å². The number of hydrogen-bond donors (Lipinski definition) is 4. The third kappa shape index (κ3) is 16.8. The number of nitrogens with one attached hydrogen (secondary N) is 3. The second kappa shape index (κ2) is 30.4. The van der Waals surface area contributed by atoms with Crippen LogP contribution in [0.15, 0.2) is 97.8 Å². The lowest BCUT2D eigenvalue weighted by atomic mass is 10.1. The molecule has 0 saturated carbocycles. The number of anilines is 1. The lowest BCUT2D eigenvalue weighted by Crippen LogP contribution is -2.08. The maximum absolute atomic E-state index is 12.3. The Bertz CT molecular complexity index is 3760. The summed E-state index contributed by atoms with van der Waals surface area (Å²) in [7, 11) is 0. The van der Waals surface area contributed by atoms with Crippen molar-refractivity contribution in [1.29, 1.82) is 0 Å². The van der Waals surface area contributed by atoms with Gasteiger partial charge < -0.3 is 19.9 Å². The van der Waals surface area contributed by atoms with Gasteiger partial charge in [0.1, 0.15) is 61.8 Å². The maximum atomic E-state index is 12.3. The largest absolute Gasteiger partial charge is 0.462 e. The first-order chi connectivity index (χ1) is 39.8. The highest BCUT2D eigenvalue weighted by atomic mass is 35.5. The summed E-state index contributed by atoms with van der Waals surface area (Å²) in [4.78, 5) is 59.2. The van der Waals surface area contributed by atoms with Gasteiger partial charge in [0.15, 0.2) is 17.5 Å². The molecule has 2 aromatic carbocycles. The second-order valence-corrected chi connectivity index (χ2v) is 19.1. The highest BCUT2D eigenvalue weighted by Gasteiger charge is 2.23. The van der Waals surface area contributed by atoms with Crippen molar-refractivity contribution in [2.24, 2.45) is 0 Å². The van der Waals surface area contributed by atoms with Crippen molar-refractivity contribution in [2.75, 3.05) is 25.6 Å². The molecule has 0 radical (unpaired) electrons. The molecule has 0 amide bonds. The van der Waals surface area contributed by atoms with Gasteiger partial charge in [-0.15, -0.1) is 0 Å². The van der Waals surface area contributed by atoms with Crippen molar-refractivity contribution in [3.8, 4) is 34.2 Å². The van der Waals surface area contributed by atoms with Crippen LogP contribution in [0.25, 0.3) is 34.2 Å². The predicted octanol–water partition coefficient (Wildman–Crippen LogP) is 11.5. The third-order valence-electron chi connectivity index (χ3n) is 11.5. The van der Waals surface area contributed by atoms with E-state index in [2.05, 4.69) is 70.7 Å². The molecule has 0 fully saturated rings. The summed E-state index contributed by atoms with van der Waals surface area (Å²) < 4.78 is 18.2. The fourth-order valence-electron chi connectivity index (χ4n) is 7.72. The van der Waals surface area contributed by atoms with Gasteiger partial charge in [-0.25, -0.2) is 53.7 Å². The number of nitrogens with zero attached hydrogens (tertiary/aromatic N) is 13. The van der Waals surface area contributed by atoms with Crippen molar-refractivity contribution in [2.45, 2.75) is 68.7 Å². The van der Waals surface area contributed by atoms with Crippen LogP contribution in [0.4, 0.5) is 5.82 Å². The summed E-state index contributed by atoms with van der Waals surface area (Å²) >= 11 is 29.1. The van der Waals surface area contributed by atoms with Crippen molar-refractivity contribution in [3.05, 3.63) is 186 Å². The zero-order valence-electron chi connectivity index (χ0n) is 46.3. The highest BCUT2D eigenvalue weighted by molar-refractivity contribution is 6.35. The zero-order chi connectivity index (χ0) is 60.3. The van der Waals surface area contributed by atoms with E-state index in [1.807, 2.05) is 73.7 Å². The minimum Gasteiger partial charge on any atom is -0.462 e. The van der Waals surface area contributed by atoms with Crippen LogP contribution in [0.1, 0.15) is 97.4 Å². The standard InChI is InChI=1S/C22H21ClN6O2.C12H13ClN4O2.C9H8ClN3.C8H12N2O2.C4H2Cl2N2/c1-4-31-22(30)19-13(2)28-29(14(19)3)18-11-16(24-12-25-18)10-17-20(23)21(27-26-17)15-8-6-5-7-9-15;1-4-19-12(18)11-7(2)16-17(8(11)3)10-5-9(13)14-6-15-10;10-7-8(12-13-9(7)11)6-4-2-1-3-5-6;1-4-12-8(11)7-5(2)9-10-6(7)3;5-3-1-4(6)8-2-7-3/h5-9,11-12H,4,10H2,1-3H3,(H,26,27);5-6H,4H2,1-3H3;1-5H,(H3,11,12,13);4H2,1-3H3,(H,9,10);1-2H. The number of halogens is 5. The fourth-order valence-corrected chi connectivity index (χ4v) is 8.67. The summed E-state index contributed by atoms with van der Waals surface area (Å²) in [5, 5.41) is 31.4. The lowest BCUT2D eigenvalue weighted by Gasteiger charge is -2.06. The molecule has 28 heteroatoms. The lowest BCUT2D eigenvalue weighted by molar-refractivity contribution is 0.0514.